The maximum absolute atomic E-state index is 14.4. The summed E-state index contributed by atoms with van der Waals surface area (Å²) in [7, 11) is 0. The fraction of sp³-hybridized carbons (Fsp3) is 0.242. The smallest absolute Gasteiger partial charge is 0.338 e. The molecule has 0 unspecified atom stereocenters. The summed E-state index contributed by atoms with van der Waals surface area (Å²) in [4.78, 5) is 111. The van der Waals surface area contributed by atoms with Crippen LogP contribution in [0.25, 0.3) is 0 Å². The van der Waals surface area contributed by atoms with Gasteiger partial charge in [-0.25, -0.2) is 28.8 Å². The predicted octanol–water partition coefficient (Wildman–Crippen LogP) is 8.94. The van der Waals surface area contributed by atoms with Crippen molar-refractivity contribution in [1.82, 2.24) is 0 Å². The molecule has 0 aromatic heterocycles. The molecule has 436 valence electrons. The van der Waals surface area contributed by atoms with Crippen LogP contribution in [0.2, 0.25) is 0 Å². The summed E-state index contributed by atoms with van der Waals surface area (Å²) >= 11 is 0. The molecule has 7 aromatic carbocycles. The Labute approximate surface area is 488 Å². The van der Waals surface area contributed by atoms with Gasteiger partial charge in [-0.1, -0.05) is 140 Å². The first-order chi connectivity index (χ1) is 41.4. The molecule has 0 radical (unpaired) electrons. The zero-order chi connectivity index (χ0) is 59.5. The van der Waals surface area contributed by atoms with Crippen molar-refractivity contribution >= 4 is 47.6 Å². The van der Waals surface area contributed by atoms with Gasteiger partial charge in [0.2, 0.25) is 0 Å². The molecule has 0 bridgehead atoms. The van der Waals surface area contributed by atoms with Gasteiger partial charge in [0, 0.05) is 6.42 Å². The normalized spacial score (nSPS) is 21.6. The van der Waals surface area contributed by atoms with Crippen molar-refractivity contribution in [2.75, 3.05) is 13.2 Å². The second-order valence-electron chi connectivity index (χ2n) is 19.5. The molecular weight excluding hydrogens is 1100 g/mol. The zero-order valence-corrected chi connectivity index (χ0v) is 45.8. The van der Waals surface area contributed by atoms with Gasteiger partial charge in [-0.3, -0.25) is 4.79 Å². The molecule has 19 heteroatoms. The minimum absolute atomic E-state index is 0.0230. The topological polar surface area (TPSA) is 238 Å². The highest BCUT2D eigenvalue weighted by Crippen LogP contribution is 2.36. The summed E-state index contributed by atoms with van der Waals surface area (Å²) in [6.45, 7) is -0.352. The minimum atomic E-state index is -1.91. The van der Waals surface area contributed by atoms with E-state index in [4.69, 9.17) is 52.1 Å². The maximum atomic E-state index is 14.4. The van der Waals surface area contributed by atoms with Crippen LogP contribution >= 0.6 is 0 Å². The fourth-order valence-electron chi connectivity index (χ4n) is 9.16. The van der Waals surface area contributed by atoms with Crippen LogP contribution in [0.3, 0.4) is 0 Å². The Morgan fingerprint density at radius 2 is 0.612 bits per heavy atom. The summed E-state index contributed by atoms with van der Waals surface area (Å²) in [5.41, 5.74) is 0.963. The Balaban J connectivity index is 1.15. The fourth-order valence-corrected chi connectivity index (χ4v) is 9.16. The molecule has 9 rings (SSSR count). The van der Waals surface area contributed by atoms with Crippen LogP contribution in [-0.4, -0.2) is 122 Å². The Morgan fingerprint density at radius 3 is 0.941 bits per heavy atom. The van der Waals surface area contributed by atoms with E-state index in [0.29, 0.717) is 5.56 Å². The van der Waals surface area contributed by atoms with Gasteiger partial charge in [-0.2, -0.15) is 0 Å². The number of hydrogen-bond donors (Lipinski definition) is 0. The van der Waals surface area contributed by atoms with Crippen LogP contribution in [0.5, 0.6) is 0 Å². The second-order valence-corrected chi connectivity index (χ2v) is 19.5. The number of carbonyl (C=O) groups excluding carboxylic acids is 8. The Bertz CT molecular complexity index is 3350. The first-order valence-corrected chi connectivity index (χ1v) is 27.2. The minimum Gasteiger partial charge on any atom is -0.463 e. The number of Topliss-reactive ketones (excluding diaryl/α,β-unsaturated/α-hetero) is 1. The summed E-state index contributed by atoms with van der Waals surface area (Å²) in [6, 6.07) is 55.8. The molecule has 10 atom stereocenters. The van der Waals surface area contributed by atoms with E-state index < -0.39 is 116 Å². The highest BCUT2D eigenvalue weighted by Gasteiger charge is 2.57. The van der Waals surface area contributed by atoms with E-state index in [-0.39, 0.29) is 58.6 Å². The van der Waals surface area contributed by atoms with Crippen LogP contribution in [-0.2, 0) is 68.3 Å². The molecule has 2 fully saturated rings. The van der Waals surface area contributed by atoms with Gasteiger partial charge in [-0.05, 0) is 85.3 Å². The molecular formula is C66H58O19. The maximum Gasteiger partial charge on any atom is 0.338 e. The molecule has 2 heterocycles. The van der Waals surface area contributed by atoms with E-state index in [2.05, 4.69) is 0 Å². The lowest BCUT2D eigenvalue weighted by Gasteiger charge is -2.46. The van der Waals surface area contributed by atoms with Crippen molar-refractivity contribution in [2.24, 2.45) is 0 Å². The molecule has 2 aliphatic rings. The van der Waals surface area contributed by atoms with E-state index in [0.717, 1.165) is 0 Å². The van der Waals surface area contributed by atoms with Crippen molar-refractivity contribution in [3.05, 3.63) is 251 Å². The van der Waals surface area contributed by atoms with Crippen LogP contribution < -0.4 is 0 Å². The van der Waals surface area contributed by atoms with Crippen LogP contribution in [0.4, 0.5) is 0 Å². The summed E-state index contributed by atoms with van der Waals surface area (Å²) in [5.74, 6) is -6.83. The highest BCUT2D eigenvalue weighted by molar-refractivity contribution is 5.93. The van der Waals surface area contributed by atoms with Crippen molar-refractivity contribution < 1.29 is 90.5 Å². The van der Waals surface area contributed by atoms with Gasteiger partial charge >= 0.3 is 41.8 Å². The van der Waals surface area contributed by atoms with Gasteiger partial charge in [0.15, 0.2) is 49.2 Å². The monoisotopic (exact) mass is 1150 g/mol. The molecule has 0 saturated carbocycles. The average molecular weight is 1160 g/mol. The summed E-state index contributed by atoms with van der Waals surface area (Å²) < 4.78 is 69.6. The molecule has 2 saturated heterocycles. The molecule has 0 N–H and O–H groups in total. The van der Waals surface area contributed by atoms with Gasteiger partial charge < -0.3 is 56.9 Å². The number of hydrogen-bond acceptors (Lipinski definition) is 19. The molecule has 0 amide bonds. The predicted molar refractivity (Wildman–Crippen MR) is 299 cm³/mol. The number of benzene rings is 7. The molecule has 19 nitrogen and oxygen atoms in total. The highest BCUT2D eigenvalue weighted by atomic mass is 16.8. The molecule has 7 aromatic rings. The van der Waals surface area contributed by atoms with Gasteiger partial charge in [-0.15, -0.1) is 0 Å². The van der Waals surface area contributed by atoms with Crippen LogP contribution in [0, 0.1) is 0 Å². The number of carbonyl (C=O) groups is 8. The van der Waals surface area contributed by atoms with E-state index in [1.165, 1.54) is 79.7 Å². The third-order valence-corrected chi connectivity index (χ3v) is 13.5. The molecule has 0 aliphatic carbocycles. The van der Waals surface area contributed by atoms with Gasteiger partial charge in [0.1, 0.15) is 24.6 Å². The lowest BCUT2D eigenvalue weighted by molar-refractivity contribution is -0.329. The lowest BCUT2D eigenvalue weighted by Crippen LogP contribution is -2.65. The largest absolute Gasteiger partial charge is 0.463 e. The SMILES string of the molecule is CC(=O)CCC(=O)OC[C@H]1O[C@@H](OC[C@H]2O[C@@H](OCc3ccccc3)[C@H](OC(=O)c3ccccc3)[C@@H](OC(=O)c3ccccc3)[C@H]2OC(=O)c2ccccc2)[C@H](OC(=O)c2ccccc2)[C@@H](OC(=O)c2ccccc2)[C@H]1OC(=O)c1ccccc1. The van der Waals surface area contributed by atoms with E-state index in [1.54, 1.807) is 140 Å². The number of esters is 7. The van der Waals surface area contributed by atoms with Gasteiger partial charge in [0.05, 0.1) is 53.0 Å². The Kier molecular flexibility index (Phi) is 20.8. The summed E-state index contributed by atoms with van der Waals surface area (Å²) in [5, 5.41) is 0. The first kappa shape index (κ1) is 59.9. The molecule has 2 aliphatic heterocycles. The molecule has 85 heavy (non-hydrogen) atoms. The molecule has 0 spiro atoms. The van der Waals surface area contributed by atoms with E-state index in [9.17, 15) is 38.4 Å². The third-order valence-electron chi connectivity index (χ3n) is 13.5. The van der Waals surface area contributed by atoms with Crippen molar-refractivity contribution in [3.63, 3.8) is 0 Å². The van der Waals surface area contributed by atoms with Gasteiger partial charge in [0.25, 0.3) is 0 Å². The first-order valence-electron chi connectivity index (χ1n) is 27.2. The van der Waals surface area contributed by atoms with Crippen LogP contribution in [0.1, 0.15) is 87.5 Å². The Morgan fingerprint density at radius 1 is 0.329 bits per heavy atom. The number of ketones is 1. The standard InChI is InChI=1S/C66H58O19/c1-42(67)37-38-52(68)75-40-50-53(80-59(69)44-25-11-3-12-26-44)55(82-61(71)46-29-15-5-16-30-46)58(85-64(74)49-35-21-8-22-36-49)66(78-50)77-41-51-54(81-60(70)45-27-13-4-14-28-45)56(83-62(72)47-31-17-6-18-32-47)57(84-63(73)48-33-19-7-20-34-48)65(79-51)76-39-43-23-9-2-10-24-43/h2-36,50-51,53-58,65-66H,37-41H2,1H3/t50-,51-,53+,54+,55+,56+,57-,58-,65-,66-/m1/s1. The number of rotatable bonds is 23. The quantitative estimate of drug-likeness (QED) is 0.0429. The number of ether oxygens (including phenoxy) is 11. The lowest BCUT2D eigenvalue weighted by atomic mass is 9.96. The third kappa shape index (κ3) is 16.3. The summed E-state index contributed by atoms with van der Waals surface area (Å²) in [6.07, 6.45) is -18.0. The van der Waals surface area contributed by atoms with Crippen molar-refractivity contribution in [2.45, 2.75) is 87.8 Å². The second kappa shape index (κ2) is 29.5. The van der Waals surface area contributed by atoms with E-state index in [1.807, 2.05) is 0 Å². The van der Waals surface area contributed by atoms with Crippen molar-refractivity contribution in [3.8, 4) is 0 Å². The average Bonchev–Trinajstić information content (AvgIpc) is 2.88. The zero-order valence-electron chi connectivity index (χ0n) is 45.8. The Hall–Kier alpha value is -9.66. The van der Waals surface area contributed by atoms with Crippen molar-refractivity contribution in [1.29, 1.82) is 0 Å². The van der Waals surface area contributed by atoms with Crippen LogP contribution in [0.15, 0.2) is 212 Å². The van der Waals surface area contributed by atoms with E-state index >= 15 is 0 Å².